The zero-order valence-electron chi connectivity index (χ0n) is 21.3. The van der Waals surface area contributed by atoms with Gasteiger partial charge in [-0.05, 0) is 50.3 Å². The average molecular weight is 506 g/mol. The monoisotopic (exact) mass is 505 g/mol. The summed E-state index contributed by atoms with van der Waals surface area (Å²) >= 11 is 0. The van der Waals surface area contributed by atoms with Crippen molar-refractivity contribution in [3.8, 4) is 5.88 Å². The number of amides is 2. The van der Waals surface area contributed by atoms with Gasteiger partial charge in [-0.15, -0.1) is 0 Å². The van der Waals surface area contributed by atoms with E-state index < -0.39 is 17.6 Å². The third kappa shape index (κ3) is 7.20. The lowest BCUT2D eigenvalue weighted by Gasteiger charge is -2.19. The summed E-state index contributed by atoms with van der Waals surface area (Å²) in [6.07, 6.45) is 7.35. The molecule has 2 amide bonds. The highest BCUT2D eigenvalue weighted by Gasteiger charge is 2.27. The molecule has 0 spiro atoms. The molecule has 0 unspecified atom stereocenters. The number of hydrogen-bond acceptors (Lipinski definition) is 9. The standard InChI is InChI=1S/C26H31N7O4/c1-15(2)17-7-8-20(19(9-17)23(34)30-13-26(3,4)36)33-25(35)37-24-22(31-18-10-27-14-28-11-18)29-12-21(32-24)16-5-6-16/h7-12,14-16,36H,5-6,13H2,1-4H3,(H,29,31)(H,30,34)(H,33,35). The van der Waals surface area contributed by atoms with Crippen LogP contribution in [-0.4, -0.2) is 49.2 Å². The molecule has 0 atom stereocenters. The van der Waals surface area contributed by atoms with Gasteiger partial charge in [0.1, 0.15) is 6.33 Å². The summed E-state index contributed by atoms with van der Waals surface area (Å²) in [5, 5.41) is 18.4. The van der Waals surface area contributed by atoms with Gasteiger partial charge in [-0.25, -0.2) is 24.7 Å². The van der Waals surface area contributed by atoms with Crippen molar-refractivity contribution in [2.24, 2.45) is 0 Å². The third-order valence-corrected chi connectivity index (χ3v) is 5.64. The number of anilines is 3. The average Bonchev–Trinajstić information content (AvgIpc) is 3.69. The first-order chi connectivity index (χ1) is 17.6. The molecule has 4 N–H and O–H groups in total. The summed E-state index contributed by atoms with van der Waals surface area (Å²) in [5.74, 6) is 0.256. The SMILES string of the molecule is CC(C)c1ccc(NC(=O)Oc2nc(C3CC3)cnc2Nc2cncnc2)c(C(=O)NCC(C)(C)O)c1. The van der Waals surface area contributed by atoms with Crippen LogP contribution in [0.5, 0.6) is 5.88 Å². The number of aromatic nitrogens is 4. The van der Waals surface area contributed by atoms with Crippen LogP contribution in [0.3, 0.4) is 0 Å². The number of aliphatic hydroxyl groups is 1. The van der Waals surface area contributed by atoms with Crippen LogP contribution in [-0.2, 0) is 0 Å². The van der Waals surface area contributed by atoms with E-state index in [1.54, 1.807) is 44.6 Å². The number of carbonyl (C=O) groups excluding carboxylic acids is 2. The molecule has 11 heteroatoms. The van der Waals surface area contributed by atoms with Gasteiger partial charge < -0.3 is 20.5 Å². The number of rotatable bonds is 9. The van der Waals surface area contributed by atoms with Crippen LogP contribution in [0.25, 0.3) is 0 Å². The predicted molar refractivity (Wildman–Crippen MR) is 138 cm³/mol. The third-order valence-electron chi connectivity index (χ3n) is 5.64. The van der Waals surface area contributed by atoms with Crippen LogP contribution in [0.2, 0.25) is 0 Å². The Morgan fingerprint density at radius 3 is 2.54 bits per heavy atom. The van der Waals surface area contributed by atoms with Crippen LogP contribution in [0.15, 0.2) is 43.1 Å². The van der Waals surface area contributed by atoms with E-state index >= 15 is 0 Å². The molecule has 1 aliphatic rings. The molecule has 1 aliphatic carbocycles. The maximum atomic E-state index is 13.0. The number of hydrogen-bond donors (Lipinski definition) is 4. The van der Waals surface area contributed by atoms with Gasteiger partial charge in [-0.1, -0.05) is 19.9 Å². The summed E-state index contributed by atoms with van der Waals surface area (Å²) in [5.41, 5.74) is 1.65. The maximum Gasteiger partial charge on any atom is 0.418 e. The lowest BCUT2D eigenvalue weighted by Crippen LogP contribution is -2.38. The van der Waals surface area contributed by atoms with Gasteiger partial charge in [0.15, 0.2) is 5.82 Å². The zero-order chi connectivity index (χ0) is 26.6. The molecule has 0 saturated heterocycles. The summed E-state index contributed by atoms with van der Waals surface area (Å²) in [6, 6.07) is 5.21. The van der Waals surface area contributed by atoms with Crippen LogP contribution in [0, 0.1) is 0 Å². The van der Waals surface area contributed by atoms with Gasteiger partial charge in [0.25, 0.3) is 11.8 Å². The number of carbonyl (C=O) groups is 2. The maximum absolute atomic E-state index is 13.0. The van der Waals surface area contributed by atoms with E-state index in [-0.39, 0.29) is 35.4 Å². The zero-order valence-corrected chi connectivity index (χ0v) is 21.3. The van der Waals surface area contributed by atoms with Gasteiger partial charge in [0, 0.05) is 12.5 Å². The molecule has 11 nitrogen and oxygen atoms in total. The van der Waals surface area contributed by atoms with Crippen molar-refractivity contribution in [2.45, 2.75) is 58.0 Å². The molecule has 0 radical (unpaired) electrons. The van der Waals surface area contributed by atoms with Crippen LogP contribution in [0.1, 0.15) is 74.0 Å². The van der Waals surface area contributed by atoms with Crippen LogP contribution >= 0.6 is 0 Å². The highest BCUT2D eigenvalue weighted by Crippen LogP contribution is 2.40. The summed E-state index contributed by atoms with van der Waals surface area (Å²) in [7, 11) is 0. The van der Waals surface area contributed by atoms with Crippen molar-refractivity contribution in [2.75, 3.05) is 17.2 Å². The van der Waals surface area contributed by atoms with Crippen LogP contribution < -0.4 is 20.7 Å². The molecule has 2 heterocycles. The number of benzene rings is 1. The highest BCUT2D eigenvalue weighted by atomic mass is 16.6. The van der Waals surface area contributed by atoms with E-state index in [9.17, 15) is 14.7 Å². The molecular weight excluding hydrogens is 474 g/mol. The first-order valence-electron chi connectivity index (χ1n) is 12.1. The second-order valence-corrected chi connectivity index (χ2v) is 9.94. The van der Waals surface area contributed by atoms with Gasteiger partial charge in [0.2, 0.25) is 0 Å². The Kier molecular flexibility index (Phi) is 7.63. The minimum absolute atomic E-state index is 0.00224. The summed E-state index contributed by atoms with van der Waals surface area (Å²) in [4.78, 5) is 42.8. The van der Waals surface area contributed by atoms with E-state index in [1.807, 2.05) is 19.9 Å². The topological polar surface area (TPSA) is 151 Å². The Hall–Kier alpha value is -4.12. The summed E-state index contributed by atoms with van der Waals surface area (Å²) in [6.45, 7) is 7.25. The van der Waals surface area contributed by atoms with E-state index in [4.69, 9.17) is 4.74 Å². The largest absolute Gasteiger partial charge is 0.418 e. The lowest BCUT2D eigenvalue weighted by molar-refractivity contribution is 0.0694. The number of nitrogens with one attached hydrogen (secondary N) is 3. The predicted octanol–water partition coefficient (Wildman–Crippen LogP) is 4.12. The fourth-order valence-electron chi connectivity index (χ4n) is 3.45. The first-order valence-corrected chi connectivity index (χ1v) is 12.1. The van der Waals surface area contributed by atoms with Gasteiger partial charge in [-0.3, -0.25) is 10.1 Å². The molecular formula is C26H31N7O4. The Balaban J connectivity index is 1.56. The summed E-state index contributed by atoms with van der Waals surface area (Å²) < 4.78 is 5.57. The minimum Gasteiger partial charge on any atom is -0.389 e. The molecule has 37 heavy (non-hydrogen) atoms. The van der Waals surface area contributed by atoms with Crippen molar-refractivity contribution in [3.63, 3.8) is 0 Å². The van der Waals surface area contributed by atoms with Crippen molar-refractivity contribution in [1.82, 2.24) is 25.3 Å². The van der Waals surface area contributed by atoms with E-state index in [1.165, 1.54) is 6.33 Å². The molecule has 1 aromatic carbocycles. The lowest BCUT2D eigenvalue weighted by atomic mass is 9.99. The Morgan fingerprint density at radius 2 is 1.89 bits per heavy atom. The molecule has 194 valence electrons. The Morgan fingerprint density at radius 1 is 1.16 bits per heavy atom. The van der Waals surface area contributed by atoms with Crippen molar-refractivity contribution >= 4 is 29.2 Å². The van der Waals surface area contributed by atoms with Crippen molar-refractivity contribution in [3.05, 3.63) is 59.9 Å². The smallest absolute Gasteiger partial charge is 0.389 e. The Labute approximate surface area is 215 Å². The molecule has 4 rings (SSSR count). The fourth-order valence-corrected chi connectivity index (χ4v) is 3.45. The number of nitrogens with zero attached hydrogens (tertiary/aromatic N) is 4. The van der Waals surface area contributed by atoms with Crippen molar-refractivity contribution < 1.29 is 19.4 Å². The van der Waals surface area contributed by atoms with Gasteiger partial charge >= 0.3 is 6.09 Å². The molecule has 0 aliphatic heterocycles. The molecule has 2 aromatic heterocycles. The fraction of sp³-hybridized carbons (Fsp3) is 0.385. The Bertz CT molecular complexity index is 1270. The highest BCUT2D eigenvalue weighted by molar-refractivity contribution is 6.03. The minimum atomic E-state index is -1.09. The number of ether oxygens (including phenoxy) is 1. The van der Waals surface area contributed by atoms with E-state index in [0.717, 1.165) is 24.1 Å². The van der Waals surface area contributed by atoms with Crippen LogP contribution in [0.4, 0.5) is 22.0 Å². The molecule has 3 aromatic rings. The second-order valence-electron chi connectivity index (χ2n) is 9.94. The normalized spacial score (nSPS) is 13.2. The van der Waals surface area contributed by atoms with Crippen molar-refractivity contribution in [1.29, 1.82) is 0 Å². The molecule has 0 bridgehead atoms. The van der Waals surface area contributed by atoms with Gasteiger partial charge in [0.05, 0.1) is 46.8 Å². The first kappa shape index (κ1) is 26.0. The van der Waals surface area contributed by atoms with E-state index in [0.29, 0.717) is 11.6 Å². The molecule has 1 fully saturated rings. The molecule has 1 saturated carbocycles. The van der Waals surface area contributed by atoms with E-state index in [2.05, 4.69) is 35.9 Å². The quantitative estimate of drug-likeness (QED) is 0.336. The second kappa shape index (κ2) is 10.9. The van der Waals surface area contributed by atoms with Gasteiger partial charge in [-0.2, -0.15) is 0 Å².